The zero-order chi connectivity index (χ0) is 17.8. The van der Waals surface area contributed by atoms with Crippen LogP contribution in [0.15, 0.2) is 24.3 Å². The third kappa shape index (κ3) is 4.04. The topological polar surface area (TPSA) is 41.5 Å². The lowest BCUT2D eigenvalue weighted by Gasteiger charge is -2.25. The molecule has 1 saturated heterocycles. The number of nitrogens with zero attached hydrogens (tertiary/aromatic N) is 4. The number of aromatic nitrogens is 2. The molecule has 25 heavy (non-hydrogen) atoms. The molecule has 1 aliphatic rings. The fraction of sp³-hybridized carbons (Fsp3) is 0.444. The molecule has 0 radical (unpaired) electrons. The van der Waals surface area contributed by atoms with Gasteiger partial charge in [-0.05, 0) is 25.5 Å². The average molecular weight is 348 g/mol. The van der Waals surface area contributed by atoms with Crippen molar-refractivity contribution in [2.75, 3.05) is 43.1 Å². The van der Waals surface area contributed by atoms with Crippen molar-refractivity contribution in [1.82, 2.24) is 9.97 Å². The highest BCUT2D eigenvalue weighted by Gasteiger charge is 2.20. The number of hydrogen-bond acceptors (Lipinski definition) is 5. The molecule has 2 aromatic rings. The smallest absolute Gasteiger partial charge is 0.182 e. The minimum atomic E-state index is -0.811. The van der Waals surface area contributed by atoms with E-state index in [1.165, 1.54) is 0 Å². The number of benzene rings is 1. The van der Waals surface area contributed by atoms with Gasteiger partial charge in [0.1, 0.15) is 12.4 Å². The maximum Gasteiger partial charge on any atom is 0.182 e. The Balaban J connectivity index is 1.77. The van der Waals surface area contributed by atoms with Gasteiger partial charge >= 0.3 is 0 Å². The second-order valence-electron chi connectivity index (χ2n) is 6.12. The highest BCUT2D eigenvalue weighted by molar-refractivity contribution is 5.49. The Hall–Kier alpha value is -2.28. The van der Waals surface area contributed by atoms with Crippen LogP contribution >= 0.6 is 0 Å². The van der Waals surface area contributed by atoms with Gasteiger partial charge in [0, 0.05) is 45.0 Å². The summed E-state index contributed by atoms with van der Waals surface area (Å²) in [5.41, 5.74) is 1.20. The standard InChI is InChI=1S/C18H22F2N4O/c1-13-11-17(22-16(21-13)12-25-2)24-8-4-7-23(9-10-24)15-6-3-5-14(19)18(15)20/h3,5-6,11H,4,7-10,12H2,1-2H3. The Morgan fingerprint density at radius 3 is 2.64 bits per heavy atom. The van der Waals surface area contributed by atoms with Crippen LogP contribution in [-0.2, 0) is 11.3 Å². The van der Waals surface area contributed by atoms with E-state index >= 15 is 0 Å². The summed E-state index contributed by atoms with van der Waals surface area (Å²) in [5, 5.41) is 0. The fourth-order valence-corrected chi connectivity index (χ4v) is 3.09. The zero-order valence-electron chi connectivity index (χ0n) is 14.5. The van der Waals surface area contributed by atoms with E-state index in [2.05, 4.69) is 14.9 Å². The first-order valence-electron chi connectivity index (χ1n) is 8.36. The summed E-state index contributed by atoms with van der Waals surface area (Å²) in [5.74, 6) is -0.0960. The molecule has 0 bridgehead atoms. The summed E-state index contributed by atoms with van der Waals surface area (Å²) in [6.07, 6.45) is 0.832. The van der Waals surface area contributed by atoms with E-state index in [4.69, 9.17) is 4.74 Å². The molecule has 134 valence electrons. The zero-order valence-corrected chi connectivity index (χ0v) is 14.5. The molecule has 1 aliphatic heterocycles. The van der Waals surface area contributed by atoms with E-state index < -0.39 is 11.6 Å². The van der Waals surface area contributed by atoms with Crippen LogP contribution in [0.25, 0.3) is 0 Å². The molecule has 2 heterocycles. The minimum Gasteiger partial charge on any atom is -0.377 e. The van der Waals surface area contributed by atoms with Gasteiger partial charge < -0.3 is 14.5 Å². The van der Waals surface area contributed by atoms with E-state index in [1.807, 2.05) is 17.9 Å². The first-order valence-corrected chi connectivity index (χ1v) is 8.36. The van der Waals surface area contributed by atoms with E-state index in [0.717, 1.165) is 30.5 Å². The molecular weight excluding hydrogens is 326 g/mol. The van der Waals surface area contributed by atoms with Crippen LogP contribution in [0.3, 0.4) is 0 Å². The Labute approximate surface area is 146 Å². The molecular formula is C18H22F2N4O. The maximum atomic E-state index is 14.1. The van der Waals surface area contributed by atoms with Gasteiger partial charge in [-0.25, -0.2) is 18.7 Å². The molecule has 0 N–H and O–H groups in total. The number of rotatable bonds is 4. The molecule has 7 heteroatoms. The lowest BCUT2D eigenvalue weighted by Crippen LogP contribution is -2.32. The Morgan fingerprint density at radius 1 is 1.08 bits per heavy atom. The number of ether oxygens (including phenoxy) is 1. The SMILES string of the molecule is COCc1nc(C)cc(N2CCCN(c3cccc(F)c3F)CC2)n1. The predicted molar refractivity (Wildman–Crippen MR) is 92.9 cm³/mol. The number of aryl methyl sites for hydroxylation is 1. The molecule has 0 saturated carbocycles. The number of anilines is 2. The van der Waals surface area contributed by atoms with E-state index in [-0.39, 0.29) is 0 Å². The van der Waals surface area contributed by atoms with Crippen LogP contribution in [-0.4, -0.2) is 43.3 Å². The first-order chi connectivity index (χ1) is 12.1. The van der Waals surface area contributed by atoms with Crippen LogP contribution in [0, 0.1) is 18.6 Å². The van der Waals surface area contributed by atoms with Gasteiger partial charge in [-0.15, -0.1) is 0 Å². The summed E-state index contributed by atoms with van der Waals surface area (Å²) in [6, 6.07) is 6.25. The van der Waals surface area contributed by atoms with Gasteiger partial charge in [0.15, 0.2) is 17.5 Å². The molecule has 0 unspecified atom stereocenters. The minimum absolute atomic E-state index is 0.320. The lowest BCUT2D eigenvalue weighted by molar-refractivity contribution is 0.177. The third-order valence-corrected chi connectivity index (χ3v) is 4.25. The van der Waals surface area contributed by atoms with Crippen molar-refractivity contribution in [3.05, 3.63) is 47.4 Å². The molecule has 0 amide bonds. The molecule has 3 rings (SSSR count). The molecule has 1 aromatic carbocycles. The van der Waals surface area contributed by atoms with Gasteiger partial charge in [0.25, 0.3) is 0 Å². The van der Waals surface area contributed by atoms with Crippen molar-refractivity contribution in [2.24, 2.45) is 0 Å². The first kappa shape index (κ1) is 17.5. The normalized spacial score (nSPS) is 15.4. The predicted octanol–water partition coefficient (Wildman–Crippen LogP) is 2.93. The molecule has 5 nitrogen and oxygen atoms in total. The highest BCUT2D eigenvalue weighted by Crippen LogP contribution is 2.24. The van der Waals surface area contributed by atoms with Crippen molar-refractivity contribution in [3.8, 4) is 0 Å². The average Bonchev–Trinajstić information content (AvgIpc) is 2.83. The van der Waals surface area contributed by atoms with Crippen molar-refractivity contribution in [2.45, 2.75) is 20.0 Å². The molecule has 1 aromatic heterocycles. The van der Waals surface area contributed by atoms with Crippen molar-refractivity contribution in [3.63, 3.8) is 0 Å². The van der Waals surface area contributed by atoms with Crippen molar-refractivity contribution < 1.29 is 13.5 Å². The second-order valence-corrected chi connectivity index (χ2v) is 6.12. The van der Waals surface area contributed by atoms with Crippen LogP contribution in [0.1, 0.15) is 17.9 Å². The summed E-state index contributed by atoms with van der Waals surface area (Å²) in [6.45, 7) is 5.05. The molecule has 0 aliphatic carbocycles. The van der Waals surface area contributed by atoms with E-state index in [1.54, 1.807) is 19.2 Å². The summed E-state index contributed by atoms with van der Waals surface area (Å²) < 4.78 is 32.7. The largest absolute Gasteiger partial charge is 0.377 e. The Kier molecular flexibility index (Phi) is 5.43. The summed E-state index contributed by atoms with van der Waals surface area (Å²) in [4.78, 5) is 13.0. The maximum absolute atomic E-state index is 14.1. The highest BCUT2D eigenvalue weighted by atomic mass is 19.2. The third-order valence-electron chi connectivity index (χ3n) is 4.25. The second kappa shape index (κ2) is 7.74. The molecule has 1 fully saturated rings. The van der Waals surface area contributed by atoms with Gasteiger partial charge in [-0.2, -0.15) is 0 Å². The Bertz CT molecular complexity index is 741. The van der Waals surface area contributed by atoms with Crippen LogP contribution in [0.2, 0.25) is 0 Å². The monoisotopic (exact) mass is 348 g/mol. The van der Waals surface area contributed by atoms with Gasteiger partial charge in [0.05, 0.1) is 5.69 Å². The van der Waals surface area contributed by atoms with Crippen LogP contribution < -0.4 is 9.80 Å². The number of hydrogen-bond donors (Lipinski definition) is 0. The van der Waals surface area contributed by atoms with Gasteiger partial charge in [-0.3, -0.25) is 0 Å². The number of methoxy groups -OCH3 is 1. The van der Waals surface area contributed by atoms with E-state index in [9.17, 15) is 8.78 Å². The van der Waals surface area contributed by atoms with Crippen molar-refractivity contribution >= 4 is 11.5 Å². The Morgan fingerprint density at radius 2 is 1.84 bits per heavy atom. The quantitative estimate of drug-likeness (QED) is 0.850. The lowest BCUT2D eigenvalue weighted by atomic mass is 10.2. The molecule has 0 spiro atoms. The molecule has 0 atom stereocenters. The summed E-state index contributed by atoms with van der Waals surface area (Å²) >= 11 is 0. The van der Waals surface area contributed by atoms with Crippen molar-refractivity contribution in [1.29, 1.82) is 0 Å². The van der Waals surface area contributed by atoms with E-state index in [0.29, 0.717) is 37.8 Å². The summed E-state index contributed by atoms with van der Waals surface area (Å²) in [7, 11) is 1.61. The fourth-order valence-electron chi connectivity index (χ4n) is 3.09. The van der Waals surface area contributed by atoms with Crippen LogP contribution in [0.4, 0.5) is 20.3 Å². The van der Waals surface area contributed by atoms with Crippen LogP contribution in [0.5, 0.6) is 0 Å². The van der Waals surface area contributed by atoms with Gasteiger partial charge in [-0.1, -0.05) is 6.07 Å². The number of halogens is 2. The van der Waals surface area contributed by atoms with Gasteiger partial charge in [0.2, 0.25) is 0 Å².